The van der Waals surface area contributed by atoms with Crippen molar-refractivity contribution in [2.24, 2.45) is 5.92 Å². The summed E-state index contributed by atoms with van der Waals surface area (Å²) in [5.74, 6) is 2.95. The minimum atomic E-state index is -0.0970. The first-order valence-electron chi connectivity index (χ1n) is 7.88. The normalized spacial score (nSPS) is 22.5. The second-order valence-corrected chi connectivity index (χ2v) is 6.88. The smallest absolute Gasteiger partial charge is 0.256 e. The predicted molar refractivity (Wildman–Crippen MR) is 86.5 cm³/mol. The number of carbonyl (C=O) groups is 1. The fourth-order valence-electron chi connectivity index (χ4n) is 2.70. The number of amides is 1. The third-order valence-corrected chi connectivity index (χ3v) is 5.21. The standard InChI is InChI=1S/C16H22N2O3S/c19-15(18-10-12-3-7-20-8-4-12)14-2-1-6-17-16(14)21-13-5-9-22-11-13/h1-2,6,12-13H,3-5,7-11H2,(H,18,19). The van der Waals surface area contributed by atoms with E-state index in [-0.39, 0.29) is 12.0 Å². The predicted octanol–water partition coefficient (Wildman–Crippen LogP) is 2.12. The van der Waals surface area contributed by atoms with Crippen molar-refractivity contribution in [1.29, 1.82) is 0 Å². The molecule has 2 aliphatic rings. The van der Waals surface area contributed by atoms with Crippen LogP contribution in [0.15, 0.2) is 18.3 Å². The molecule has 3 rings (SSSR count). The Morgan fingerprint density at radius 1 is 1.41 bits per heavy atom. The average Bonchev–Trinajstić information content (AvgIpc) is 3.07. The summed E-state index contributed by atoms with van der Waals surface area (Å²) >= 11 is 1.88. The highest BCUT2D eigenvalue weighted by molar-refractivity contribution is 7.99. The van der Waals surface area contributed by atoms with Gasteiger partial charge in [-0.1, -0.05) is 0 Å². The van der Waals surface area contributed by atoms with Gasteiger partial charge >= 0.3 is 0 Å². The van der Waals surface area contributed by atoms with Crippen LogP contribution in [0.25, 0.3) is 0 Å². The molecule has 1 N–H and O–H groups in total. The molecule has 0 saturated carbocycles. The molecule has 3 heterocycles. The van der Waals surface area contributed by atoms with E-state index in [4.69, 9.17) is 9.47 Å². The zero-order valence-corrected chi connectivity index (χ0v) is 13.4. The Morgan fingerprint density at radius 3 is 3.05 bits per heavy atom. The maximum Gasteiger partial charge on any atom is 0.256 e. The van der Waals surface area contributed by atoms with Crippen molar-refractivity contribution in [3.63, 3.8) is 0 Å². The van der Waals surface area contributed by atoms with Gasteiger partial charge < -0.3 is 14.8 Å². The first-order valence-corrected chi connectivity index (χ1v) is 9.04. The Balaban J connectivity index is 1.58. The molecule has 22 heavy (non-hydrogen) atoms. The second kappa shape index (κ2) is 7.83. The maximum absolute atomic E-state index is 12.4. The lowest BCUT2D eigenvalue weighted by Crippen LogP contribution is -2.32. The SMILES string of the molecule is O=C(NCC1CCOCC1)c1cccnc1OC1CCSC1. The number of ether oxygens (including phenoxy) is 2. The molecule has 0 aromatic carbocycles. The molecule has 5 nitrogen and oxygen atoms in total. The van der Waals surface area contributed by atoms with Crippen LogP contribution >= 0.6 is 11.8 Å². The van der Waals surface area contributed by atoms with Crippen molar-refractivity contribution in [1.82, 2.24) is 10.3 Å². The van der Waals surface area contributed by atoms with Crippen LogP contribution in [0.5, 0.6) is 5.88 Å². The first-order chi connectivity index (χ1) is 10.8. The highest BCUT2D eigenvalue weighted by Gasteiger charge is 2.22. The number of rotatable bonds is 5. The Labute approximate surface area is 135 Å². The summed E-state index contributed by atoms with van der Waals surface area (Å²) in [5, 5.41) is 3.01. The van der Waals surface area contributed by atoms with E-state index in [1.54, 1.807) is 18.3 Å². The van der Waals surface area contributed by atoms with Crippen molar-refractivity contribution >= 4 is 17.7 Å². The van der Waals surface area contributed by atoms with Crippen LogP contribution in [0, 0.1) is 5.92 Å². The molecule has 1 aromatic heterocycles. The lowest BCUT2D eigenvalue weighted by atomic mass is 10.0. The summed E-state index contributed by atoms with van der Waals surface area (Å²) < 4.78 is 11.2. The average molecular weight is 322 g/mol. The zero-order chi connectivity index (χ0) is 15.2. The van der Waals surface area contributed by atoms with Gasteiger partial charge in [-0.15, -0.1) is 0 Å². The van der Waals surface area contributed by atoms with Crippen LogP contribution in [0.3, 0.4) is 0 Å². The van der Waals surface area contributed by atoms with E-state index in [1.165, 1.54) is 0 Å². The summed E-state index contributed by atoms with van der Waals surface area (Å²) in [6.07, 6.45) is 4.88. The van der Waals surface area contributed by atoms with Gasteiger partial charge in [0.2, 0.25) is 5.88 Å². The highest BCUT2D eigenvalue weighted by atomic mass is 32.2. The molecule has 2 aliphatic heterocycles. The fraction of sp³-hybridized carbons (Fsp3) is 0.625. The van der Waals surface area contributed by atoms with Gasteiger partial charge in [0.1, 0.15) is 11.7 Å². The Kier molecular flexibility index (Phi) is 5.56. The van der Waals surface area contributed by atoms with Crippen LogP contribution in [-0.4, -0.2) is 48.3 Å². The van der Waals surface area contributed by atoms with Crippen LogP contribution in [0.1, 0.15) is 29.6 Å². The first kappa shape index (κ1) is 15.6. The molecular weight excluding hydrogens is 300 g/mol. The van der Waals surface area contributed by atoms with Gasteiger partial charge in [-0.3, -0.25) is 4.79 Å². The highest BCUT2D eigenvalue weighted by Crippen LogP contribution is 2.24. The van der Waals surface area contributed by atoms with Crippen molar-refractivity contribution in [3.05, 3.63) is 23.9 Å². The number of thioether (sulfide) groups is 1. The van der Waals surface area contributed by atoms with E-state index < -0.39 is 0 Å². The molecule has 1 atom stereocenters. The van der Waals surface area contributed by atoms with E-state index in [0.29, 0.717) is 23.9 Å². The van der Waals surface area contributed by atoms with E-state index in [9.17, 15) is 4.79 Å². The van der Waals surface area contributed by atoms with Gasteiger partial charge in [0, 0.05) is 31.7 Å². The summed E-state index contributed by atoms with van der Waals surface area (Å²) in [4.78, 5) is 16.7. The number of aromatic nitrogens is 1. The topological polar surface area (TPSA) is 60.5 Å². The molecule has 2 fully saturated rings. The number of carbonyl (C=O) groups excluding carboxylic acids is 1. The number of nitrogens with zero attached hydrogens (tertiary/aromatic N) is 1. The zero-order valence-electron chi connectivity index (χ0n) is 12.6. The Bertz CT molecular complexity index is 500. The van der Waals surface area contributed by atoms with Crippen molar-refractivity contribution in [2.75, 3.05) is 31.3 Å². The lowest BCUT2D eigenvalue weighted by Gasteiger charge is -2.22. The number of nitrogens with one attached hydrogen (secondary N) is 1. The van der Waals surface area contributed by atoms with Crippen LogP contribution < -0.4 is 10.1 Å². The Morgan fingerprint density at radius 2 is 2.27 bits per heavy atom. The van der Waals surface area contributed by atoms with Crippen LogP contribution in [0.4, 0.5) is 0 Å². The van der Waals surface area contributed by atoms with Crippen molar-refractivity contribution in [3.8, 4) is 5.88 Å². The Hall–Kier alpha value is -1.27. The molecule has 0 aliphatic carbocycles. The van der Waals surface area contributed by atoms with Gasteiger partial charge in [0.15, 0.2) is 0 Å². The molecule has 120 valence electrons. The number of hydrogen-bond acceptors (Lipinski definition) is 5. The third kappa shape index (κ3) is 4.14. The van der Waals surface area contributed by atoms with Gasteiger partial charge in [-0.25, -0.2) is 4.98 Å². The van der Waals surface area contributed by atoms with E-state index in [1.807, 2.05) is 11.8 Å². The summed E-state index contributed by atoms with van der Waals surface area (Å²) in [5.41, 5.74) is 0.534. The van der Waals surface area contributed by atoms with E-state index >= 15 is 0 Å². The van der Waals surface area contributed by atoms with E-state index in [0.717, 1.165) is 44.0 Å². The van der Waals surface area contributed by atoms with Crippen LogP contribution in [0.2, 0.25) is 0 Å². The molecular formula is C16H22N2O3S. The van der Waals surface area contributed by atoms with Crippen molar-refractivity contribution in [2.45, 2.75) is 25.4 Å². The van der Waals surface area contributed by atoms with Gasteiger partial charge in [-0.05, 0) is 43.1 Å². The third-order valence-electron chi connectivity index (χ3n) is 4.07. The quantitative estimate of drug-likeness (QED) is 0.900. The maximum atomic E-state index is 12.4. The van der Waals surface area contributed by atoms with Gasteiger partial charge in [-0.2, -0.15) is 11.8 Å². The monoisotopic (exact) mass is 322 g/mol. The van der Waals surface area contributed by atoms with Gasteiger partial charge in [0.25, 0.3) is 5.91 Å². The minimum Gasteiger partial charge on any atom is -0.473 e. The molecule has 1 aromatic rings. The summed E-state index contributed by atoms with van der Waals surface area (Å²) in [7, 11) is 0. The fourth-order valence-corrected chi connectivity index (χ4v) is 3.80. The molecule has 0 radical (unpaired) electrons. The molecule has 0 spiro atoms. The molecule has 1 unspecified atom stereocenters. The molecule has 2 saturated heterocycles. The number of hydrogen-bond donors (Lipinski definition) is 1. The molecule has 6 heteroatoms. The lowest BCUT2D eigenvalue weighted by molar-refractivity contribution is 0.0641. The molecule has 1 amide bonds. The summed E-state index contributed by atoms with van der Waals surface area (Å²) in [6, 6.07) is 3.56. The van der Waals surface area contributed by atoms with Crippen molar-refractivity contribution < 1.29 is 14.3 Å². The number of pyridine rings is 1. The van der Waals surface area contributed by atoms with Gasteiger partial charge in [0.05, 0.1) is 0 Å². The molecule has 0 bridgehead atoms. The second-order valence-electron chi connectivity index (χ2n) is 5.73. The summed E-state index contributed by atoms with van der Waals surface area (Å²) in [6.45, 7) is 2.28. The largest absolute Gasteiger partial charge is 0.473 e. The van der Waals surface area contributed by atoms with E-state index in [2.05, 4.69) is 10.3 Å². The van der Waals surface area contributed by atoms with Crippen LogP contribution in [-0.2, 0) is 4.74 Å². The minimum absolute atomic E-state index is 0.0970.